The molecule has 1 saturated heterocycles. The molecule has 0 radical (unpaired) electrons. The van der Waals surface area contributed by atoms with Crippen LogP contribution in [0.15, 0.2) is 12.5 Å². The van der Waals surface area contributed by atoms with Crippen LogP contribution in [0.5, 0.6) is 0 Å². The standard InChI is InChI=1S/C13H24N4O/c1-3-14-5-4-12-8-17(11-15-12)10-13-9-16(2)6-7-18-13/h8,11,13-14H,3-7,9-10H2,1-2H3. The topological polar surface area (TPSA) is 42.3 Å². The molecule has 5 heteroatoms. The third-order valence-corrected chi connectivity index (χ3v) is 3.25. The predicted octanol–water partition coefficient (Wildman–Crippen LogP) is 0.366. The summed E-state index contributed by atoms with van der Waals surface area (Å²) in [6, 6.07) is 0. The molecule has 0 saturated carbocycles. The van der Waals surface area contributed by atoms with Crippen molar-refractivity contribution in [1.29, 1.82) is 0 Å². The molecule has 0 spiro atoms. The van der Waals surface area contributed by atoms with Crippen LogP contribution in [0.3, 0.4) is 0 Å². The lowest BCUT2D eigenvalue weighted by atomic mass is 10.3. The molecule has 1 aliphatic rings. The molecular weight excluding hydrogens is 228 g/mol. The first-order chi connectivity index (χ1) is 8.78. The van der Waals surface area contributed by atoms with Gasteiger partial charge in [0.1, 0.15) is 0 Å². The number of aromatic nitrogens is 2. The Balaban J connectivity index is 1.78. The maximum Gasteiger partial charge on any atom is 0.0950 e. The maximum atomic E-state index is 5.76. The van der Waals surface area contributed by atoms with Crippen molar-refractivity contribution >= 4 is 0 Å². The highest BCUT2D eigenvalue weighted by Gasteiger charge is 2.17. The van der Waals surface area contributed by atoms with Gasteiger partial charge in [0.25, 0.3) is 0 Å². The summed E-state index contributed by atoms with van der Waals surface area (Å²) in [6.07, 6.45) is 5.33. The third-order valence-electron chi connectivity index (χ3n) is 3.25. The normalized spacial score (nSPS) is 21.3. The third kappa shape index (κ3) is 4.08. The molecule has 1 atom stereocenters. The molecule has 0 amide bonds. The molecule has 1 unspecified atom stereocenters. The number of imidazole rings is 1. The average Bonchev–Trinajstić information content (AvgIpc) is 2.77. The Labute approximate surface area is 109 Å². The lowest BCUT2D eigenvalue weighted by Crippen LogP contribution is -2.41. The van der Waals surface area contributed by atoms with Crippen LogP contribution in [0.2, 0.25) is 0 Å². The molecule has 0 aromatic carbocycles. The zero-order valence-corrected chi connectivity index (χ0v) is 11.4. The van der Waals surface area contributed by atoms with E-state index >= 15 is 0 Å². The minimum atomic E-state index is 0.291. The summed E-state index contributed by atoms with van der Waals surface area (Å²) in [4.78, 5) is 6.74. The molecule has 1 aliphatic heterocycles. The van der Waals surface area contributed by atoms with Gasteiger partial charge in [0.05, 0.1) is 31.3 Å². The average molecular weight is 252 g/mol. The second kappa shape index (κ2) is 6.87. The zero-order chi connectivity index (χ0) is 12.8. The van der Waals surface area contributed by atoms with Crippen molar-refractivity contribution < 1.29 is 4.74 Å². The van der Waals surface area contributed by atoms with Crippen molar-refractivity contribution in [3.8, 4) is 0 Å². The van der Waals surface area contributed by atoms with Crippen molar-refractivity contribution in [3.63, 3.8) is 0 Å². The van der Waals surface area contributed by atoms with Gasteiger partial charge in [-0.1, -0.05) is 6.92 Å². The Bertz CT molecular complexity index is 353. The van der Waals surface area contributed by atoms with E-state index < -0.39 is 0 Å². The second-order valence-corrected chi connectivity index (χ2v) is 4.92. The lowest BCUT2D eigenvalue weighted by Gasteiger charge is -2.30. The number of ether oxygens (including phenoxy) is 1. The lowest BCUT2D eigenvalue weighted by molar-refractivity contribution is -0.0274. The molecule has 0 aliphatic carbocycles. The van der Waals surface area contributed by atoms with E-state index in [0.29, 0.717) is 6.10 Å². The van der Waals surface area contributed by atoms with E-state index in [4.69, 9.17) is 4.74 Å². The van der Waals surface area contributed by atoms with Gasteiger partial charge in [-0.25, -0.2) is 4.98 Å². The molecule has 5 nitrogen and oxygen atoms in total. The maximum absolute atomic E-state index is 5.76. The van der Waals surface area contributed by atoms with Crippen LogP contribution in [0.4, 0.5) is 0 Å². The summed E-state index contributed by atoms with van der Waals surface area (Å²) in [5.74, 6) is 0. The van der Waals surface area contributed by atoms with Crippen LogP contribution in [0.1, 0.15) is 12.6 Å². The predicted molar refractivity (Wildman–Crippen MR) is 71.7 cm³/mol. The van der Waals surface area contributed by atoms with Gasteiger partial charge in [0.2, 0.25) is 0 Å². The smallest absolute Gasteiger partial charge is 0.0950 e. The molecule has 0 bridgehead atoms. The zero-order valence-electron chi connectivity index (χ0n) is 11.4. The van der Waals surface area contributed by atoms with Crippen molar-refractivity contribution in [3.05, 3.63) is 18.2 Å². The first-order valence-corrected chi connectivity index (χ1v) is 6.79. The number of morpholine rings is 1. The van der Waals surface area contributed by atoms with Gasteiger partial charge in [0, 0.05) is 32.3 Å². The van der Waals surface area contributed by atoms with E-state index in [2.05, 4.69) is 39.9 Å². The van der Waals surface area contributed by atoms with E-state index in [1.54, 1.807) is 0 Å². The molecule has 2 heterocycles. The van der Waals surface area contributed by atoms with Crippen LogP contribution in [0, 0.1) is 0 Å². The molecule has 2 rings (SSSR count). The summed E-state index contributed by atoms with van der Waals surface area (Å²) < 4.78 is 7.90. The van der Waals surface area contributed by atoms with Gasteiger partial charge in [-0.15, -0.1) is 0 Å². The van der Waals surface area contributed by atoms with Crippen LogP contribution in [-0.4, -0.2) is 60.4 Å². The Morgan fingerprint density at radius 1 is 1.56 bits per heavy atom. The van der Waals surface area contributed by atoms with Gasteiger partial charge < -0.3 is 19.5 Å². The summed E-state index contributed by atoms with van der Waals surface area (Å²) in [5, 5.41) is 3.31. The summed E-state index contributed by atoms with van der Waals surface area (Å²) in [5.41, 5.74) is 1.15. The fraction of sp³-hybridized carbons (Fsp3) is 0.769. The van der Waals surface area contributed by atoms with Gasteiger partial charge in [-0.2, -0.15) is 0 Å². The first kappa shape index (κ1) is 13.5. The Kier molecular flexibility index (Phi) is 5.16. The van der Waals surface area contributed by atoms with Crippen LogP contribution in [0.25, 0.3) is 0 Å². The fourth-order valence-corrected chi connectivity index (χ4v) is 2.24. The molecule has 102 valence electrons. The number of nitrogens with one attached hydrogen (secondary N) is 1. The van der Waals surface area contributed by atoms with Crippen molar-refractivity contribution in [1.82, 2.24) is 19.8 Å². The second-order valence-electron chi connectivity index (χ2n) is 4.92. The van der Waals surface area contributed by atoms with Crippen molar-refractivity contribution in [2.75, 3.05) is 39.8 Å². The Hall–Kier alpha value is -0.910. The fourth-order valence-electron chi connectivity index (χ4n) is 2.24. The van der Waals surface area contributed by atoms with Crippen LogP contribution < -0.4 is 5.32 Å². The number of rotatable bonds is 6. The first-order valence-electron chi connectivity index (χ1n) is 6.79. The summed E-state index contributed by atoms with van der Waals surface area (Å²) in [6.45, 7) is 7.91. The summed E-state index contributed by atoms with van der Waals surface area (Å²) >= 11 is 0. The van der Waals surface area contributed by atoms with E-state index in [0.717, 1.165) is 51.4 Å². The van der Waals surface area contributed by atoms with Crippen LogP contribution >= 0.6 is 0 Å². The van der Waals surface area contributed by atoms with Gasteiger partial charge >= 0.3 is 0 Å². The van der Waals surface area contributed by atoms with E-state index in [9.17, 15) is 0 Å². The van der Waals surface area contributed by atoms with Gasteiger partial charge in [0.15, 0.2) is 0 Å². The molecular formula is C13H24N4O. The van der Waals surface area contributed by atoms with E-state index in [1.807, 2.05) is 6.33 Å². The van der Waals surface area contributed by atoms with Crippen molar-refractivity contribution in [2.45, 2.75) is 26.0 Å². The van der Waals surface area contributed by atoms with E-state index in [-0.39, 0.29) is 0 Å². The number of likely N-dealkylation sites (N-methyl/N-ethyl adjacent to an activating group) is 2. The number of hydrogen-bond donors (Lipinski definition) is 1. The number of hydrogen-bond acceptors (Lipinski definition) is 4. The molecule has 1 N–H and O–H groups in total. The Morgan fingerprint density at radius 2 is 2.44 bits per heavy atom. The highest BCUT2D eigenvalue weighted by atomic mass is 16.5. The van der Waals surface area contributed by atoms with Crippen molar-refractivity contribution in [2.24, 2.45) is 0 Å². The number of nitrogens with zero attached hydrogens (tertiary/aromatic N) is 3. The van der Waals surface area contributed by atoms with Gasteiger partial charge in [-0.05, 0) is 13.6 Å². The monoisotopic (exact) mass is 252 g/mol. The molecule has 1 fully saturated rings. The SMILES string of the molecule is CCNCCc1cn(CC2CN(C)CCO2)cn1. The Morgan fingerprint density at radius 3 is 3.22 bits per heavy atom. The minimum absolute atomic E-state index is 0.291. The quantitative estimate of drug-likeness (QED) is 0.743. The molecule has 1 aromatic heterocycles. The van der Waals surface area contributed by atoms with Crippen LogP contribution in [-0.2, 0) is 17.7 Å². The van der Waals surface area contributed by atoms with Gasteiger partial charge in [-0.3, -0.25) is 0 Å². The molecule has 18 heavy (non-hydrogen) atoms. The minimum Gasteiger partial charge on any atom is -0.374 e. The largest absolute Gasteiger partial charge is 0.374 e. The highest BCUT2D eigenvalue weighted by Crippen LogP contribution is 2.07. The summed E-state index contributed by atoms with van der Waals surface area (Å²) in [7, 11) is 2.14. The highest BCUT2D eigenvalue weighted by molar-refractivity contribution is 4.97. The van der Waals surface area contributed by atoms with E-state index in [1.165, 1.54) is 0 Å². The molecule has 1 aromatic rings.